The highest BCUT2D eigenvalue weighted by Crippen LogP contribution is 2.52. The van der Waals surface area contributed by atoms with Crippen molar-refractivity contribution in [3.63, 3.8) is 0 Å². The zero-order chi connectivity index (χ0) is 61.7. The van der Waals surface area contributed by atoms with Gasteiger partial charge in [-0.3, -0.25) is 0 Å². The lowest BCUT2D eigenvalue weighted by Crippen LogP contribution is -2.02. The first-order chi connectivity index (χ1) is 46.6. The molecule has 7 nitrogen and oxygen atoms in total. The predicted octanol–water partition coefficient (Wildman–Crippen LogP) is 22.9. The van der Waals surface area contributed by atoms with Gasteiger partial charge in [-0.05, 0) is 160 Å². The minimum Gasteiger partial charge on any atom is -0.309 e. The molecule has 0 saturated heterocycles. The molecular formula is C87H51N7. The number of rotatable bonds is 8. The molecule has 0 N–H and O–H groups in total. The summed E-state index contributed by atoms with van der Waals surface area (Å²) in [5, 5.41) is 11.8. The van der Waals surface area contributed by atoms with Gasteiger partial charge in [-0.1, -0.05) is 188 Å². The van der Waals surface area contributed by atoms with Gasteiger partial charge in [0.1, 0.15) is 0 Å². The maximum Gasteiger partial charge on any atom is 0.187 e. The SMILES string of the molecule is [C-]#[N+]c1cccc(-c2nc(-c3cc(-n4c5ccccc5c5cc(-c6ccc7c(c6)c6ccccc6n7-c6ccccc6)ccc54)cc(-n4c5ccccc5c5cc(-c6ccc7c(c6)c6ccccc6n7-c6ccccc6)ccc54)c3)c3c(n2)-c2cccc4cccc-3c24)c1. The van der Waals surface area contributed by atoms with E-state index in [1.807, 2.05) is 24.3 Å². The van der Waals surface area contributed by atoms with Gasteiger partial charge in [0.2, 0.25) is 0 Å². The largest absolute Gasteiger partial charge is 0.309 e. The number of nitrogens with zero attached hydrogens (tertiary/aromatic N) is 7. The molecule has 0 spiro atoms. The van der Waals surface area contributed by atoms with Crippen LogP contribution in [0.3, 0.4) is 0 Å². The molecule has 5 heterocycles. The van der Waals surface area contributed by atoms with Crippen molar-refractivity contribution in [3.05, 3.63) is 321 Å². The van der Waals surface area contributed by atoms with Crippen LogP contribution in [0.4, 0.5) is 5.69 Å². The molecular weight excluding hydrogens is 1140 g/mol. The van der Waals surface area contributed by atoms with Crippen LogP contribution in [0.5, 0.6) is 0 Å². The van der Waals surface area contributed by atoms with E-state index < -0.39 is 0 Å². The lowest BCUT2D eigenvalue weighted by Gasteiger charge is -2.18. The van der Waals surface area contributed by atoms with Crippen molar-refractivity contribution in [2.24, 2.45) is 0 Å². The van der Waals surface area contributed by atoms with Gasteiger partial charge in [0, 0.05) is 88.1 Å². The summed E-state index contributed by atoms with van der Waals surface area (Å²) in [6.45, 7) is 8.04. The maximum absolute atomic E-state index is 8.04. The Kier molecular flexibility index (Phi) is 11.1. The first-order valence-corrected chi connectivity index (χ1v) is 31.9. The Morgan fingerprint density at radius 1 is 0.255 bits per heavy atom. The molecule has 7 heteroatoms. The zero-order valence-electron chi connectivity index (χ0n) is 50.6. The molecule has 0 fully saturated rings. The maximum atomic E-state index is 8.04. The number of para-hydroxylation sites is 6. The number of hydrogen-bond acceptors (Lipinski definition) is 2. The molecule has 5 aromatic heterocycles. The predicted molar refractivity (Wildman–Crippen MR) is 389 cm³/mol. The summed E-state index contributed by atoms with van der Waals surface area (Å²) in [7, 11) is 0. The summed E-state index contributed by atoms with van der Waals surface area (Å²) in [5.74, 6) is 0.565. The molecule has 1 aliphatic carbocycles. The standard InChI is InChI=1S/C87H51N7/c1-88-60-22-16-21-58(45-60)87-89-85(84-69-31-17-19-53-20-18-32-70(83(53)69)86(84)90-87)59-46-63(93-77-35-14-10-29-67(77)73-50-56(39-43-81(73)93)54-37-41-79-71(48-54)65-27-8-12-33-75(65)91(79)61-23-4-2-5-24-61)52-64(47-59)94-78-36-15-11-30-68(78)74-51-57(40-44-82(74)94)55-38-42-80-72(49-55)66-28-9-13-34-76(66)92(80)62-25-6-3-7-26-62/h2-52H. The minimum absolute atomic E-state index is 0.536. The Bertz CT molecular complexity index is 6190. The summed E-state index contributed by atoms with van der Waals surface area (Å²) >= 11 is 0. The first kappa shape index (κ1) is 51.9. The van der Waals surface area contributed by atoms with E-state index in [9.17, 15) is 0 Å². The first-order valence-electron chi connectivity index (χ1n) is 31.9. The molecule has 0 saturated carbocycles. The fourth-order valence-electron chi connectivity index (χ4n) is 15.6. The lowest BCUT2D eigenvalue weighted by molar-refractivity contribution is 1.13. The molecule has 0 aliphatic heterocycles. The highest BCUT2D eigenvalue weighted by molar-refractivity contribution is 6.19. The molecule has 94 heavy (non-hydrogen) atoms. The van der Waals surface area contributed by atoms with E-state index in [0.717, 1.165) is 139 Å². The quantitative estimate of drug-likeness (QED) is 0.142. The summed E-state index contributed by atoms with van der Waals surface area (Å²) in [4.78, 5) is 15.0. The number of aromatic nitrogens is 6. The van der Waals surface area contributed by atoms with E-state index in [0.29, 0.717) is 11.5 Å². The summed E-state index contributed by atoms with van der Waals surface area (Å²) in [5.41, 5.74) is 25.1. The van der Waals surface area contributed by atoms with Gasteiger partial charge in [0.15, 0.2) is 11.5 Å². The molecule has 0 radical (unpaired) electrons. The van der Waals surface area contributed by atoms with Gasteiger partial charge >= 0.3 is 0 Å². The second kappa shape index (κ2) is 20.1. The van der Waals surface area contributed by atoms with Crippen LogP contribution >= 0.6 is 0 Å². The third-order valence-corrected chi connectivity index (χ3v) is 19.6. The zero-order valence-corrected chi connectivity index (χ0v) is 50.6. The lowest BCUT2D eigenvalue weighted by atomic mass is 9.98. The molecule has 19 aromatic rings. The highest BCUT2D eigenvalue weighted by Gasteiger charge is 2.30. The van der Waals surface area contributed by atoms with Gasteiger partial charge in [-0.25, -0.2) is 14.8 Å². The van der Waals surface area contributed by atoms with Crippen LogP contribution in [-0.2, 0) is 0 Å². The Morgan fingerprint density at radius 3 is 1.09 bits per heavy atom. The monoisotopic (exact) mass is 1190 g/mol. The van der Waals surface area contributed by atoms with Crippen molar-refractivity contribution >= 4 is 104 Å². The smallest absolute Gasteiger partial charge is 0.187 e. The average molecular weight is 1190 g/mol. The van der Waals surface area contributed by atoms with Crippen molar-refractivity contribution < 1.29 is 0 Å². The Morgan fingerprint density at radius 2 is 0.638 bits per heavy atom. The summed E-state index contributed by atoms with van der Waals surface area (Å²) in [6.07, 6.45) is 0. The van der Waals surface area contributed by atoms with Crippen molar-refractivity contribution in [1.29, 1.82) is 0 Å². The molecule has 1 aliphatic rings. The van der Waals surface area contributed by atoms with E-state index in [4.69, 9.17) is 16.5 Å². The van der Waals surface area contributed by atoms with E-state index in [-0.39, 0.29) is 0 Å². The van der Waals surface area contributed by atoms with Crippen LogP contribution in [0.15, 0.2) is 309 Å². The second-order valence-corrected chi connectivity index (χ2v) is 24.7. The number of fused-ring (bicyclic) bond motifs is 15. The van der Waals surface area contributed by atoms with E-state index in [1.165, 1.54) is 43.6 Å². The number of benzene rings is 14. The van der Waals surface area contributed by atoms with E-state index >= 15 is 0 Å². The molecule has 14 aromatic carbocycles. The Balaban J connectivity index is 0.820. The second-order valence-electron chi connectivity index (χ2n) is 24.7. The van der Waals surface area contributed by atoms with Gasteiger partial charge in [-0.2, -0.15) is 0 Å². The van der Waals surface area contributed by atoms with Crippen LogP contribution < -0.4 is 0 Å². The minimum atomic E-state index is 0.536. The van der Waals surface area contributed by atoms with Crippen LogP contribution in [-0.4, -0.2) is 28.2 Å². The van der Waals surface area contributed by atoms with Gasteiger partial charge in [0.25, 0.3) is 0 Å². The third kappa shape index (κ3) is 7.65. The molecule has 434 valence electrons. The fourth-order valence-corrected chi connectivity index (χ4v) is 15.6. The highest BCUT2D eigenvalue weighted by atomic mass is 15.0. The van der Waals surface area contributed by atoms with Crippen molar-refractivity contribution in [3.8, 4) is 90.0 Å². The van der Waals surface area contributed by atoms with E-state index in [1.54, 1.807) is 0 Å². The molecule has 0 amide bonds. The molecule has 20 rings (SSSR count). The molecule has 0 bridgehead atoms. The third-order valence-electron chi connectivity index (χ3n) is 19.6. The van der Waals surface area contributed by atoms with Crippen LogP contribution in [0, 0.1) is 6.57 Å². The van der Waals surface area contributed by atoms with Crippen molar-refractivity contribution in [2.45, 2.75) is 0 Å². The van der Waals surface area contributed by atoms with E-state index in [2.05, 4.69) is 308 Å². The van der Waals surface area contributed by atoms with Crippen LogP contribution in [0.2, 0.25) is 0 Å². The topological polar surface area (TPSA) is 49.9 Å². The van der Waals surface area contributed by atoms with Crippen LogP contribution in [0.1, 0.15) is 0 Å². The van der Waals surface area contributed by atoms with Gasteiger partial charge in [0.05, 0.1) is 62.1 Å². The molecule has 0 unspecified atom stereocenters. The van der Waals surface area contributed by atoms with Crippen molar-refractivity contribution in [2.75, 3.05) is 0 Å². The molecule has 0 atom stereocenters. The number of hydrogen-bond donors (Lipinski definition) is 0. The van der Waals surface area contributed by atoms with Gasteiger partial charge in [-0.15, -0.1) is 0 Å². The average Bonchev–Trinajstić information content (AvgIpc) is 1.57. The Hall–Kier alpha value is -12.9. The Labute approximate surface area is 539 Å². The normalized spacial score (nSPS) is 12.0. The van der Waals surface area contributed by atoms with Crippen LogP contribution in [0.25, 0.3) is 193 Å². The van der Waals surface area contributed by atoms with Gasteiger partial charge < -0.3 is 18.3 Å². The summed E-state index contributed by atoms with van der Waals surface area (Å²) in [6, 6.07) is 112. The van der Waals surface area contributed by atoms with Crippen molar-refractivity contribution in [1.82, 2.24) is 28.2 Å². The fraction of sp³-hybridized carbons (Fsp3) is 0. The summed E-state index contributed by atoms with van der Waals surface area (Å²) < 4.78 is 9.65.